The first-order valence-corrected chi connectivity index (χ1v) is 5.96. The Hall–Kier alpha value is -1.82. The van der Waals surface area contributed by atoms with Crippen LogP contribution in [0.3, 0.4) is 0 Å². The van der Waals surface area contributed by atoms with Gasteiger partial charge in [-0.15, -0.1) is 0 Å². The quantitative estimate of drug-likeness (QED) is 0.858. The van der Waals surface area contributed by atoms with Crippen LogP contribution in [0.2, 0.25) is 0 Å². The van der Waals surface area contributed by atoms with Gasteiger partial charge in [-0.3, -0.25) is 4.79 Å². The first kappa shape index (κ1) is 11.7. The molecule has 0 aromatic heterocycles. The first-order chi connectivity index (χ1) is 8.27. The van der Waals surface area contributed by atoms with Crippen LogP contribution in [0, 0.1) is 11.3 Å². The molecule has 0 heterocycles. The average molecular weight is 228 g/mol. The minimum absolute atomic E-state index is 0.0507. The van der Waals surface area contributed by atoms with Gasteiger partial charge in [-0.1, -0.05) is 36.8 Å². The van der Waals surface area contributed by atoms with Gasteiger partial charge in [-0.25, -0.2) is 0 Å². The second kappa shape index (κ2) is 5.01. The molecule has 1 aromatic rings. The van der Waals surface area contributed by atoms with Crippen molar-refractivity contribution in [3.63, 3.8) is 0 Å². The van der Waals surface area contributed by atoms with Gasteiger partial charge in [0.05, 0.1) is 6.07 Å². The summed E-state index contributed by atoms with van der Waals surface area (Å²) in [7, 11) is 0. The third-order valence-electron chi connectivity index (χ3n) is 3.56. The van der Waals surface area contributed by atoms with E-state index in [9.17, 15) is 4.79 Å². The highest BCUT2D eigenvalue weighted by molar-refractivity contribution is 5.78. The fraction of sp³-hybridized carbons (Fsp3) is 0.429. The fourth-order valence-electron chi connectivity index (χ4n) is 2.36. The molecule has 88 valence electrons. The summed E-state index contributed by atoms with van der Waals surface area (Å²) in [5, 5.41) is 11.3. The molecular weight excluding hydrogens is 212 g/mol. The minimum atomic E-state index is -0.172. The highest BCUT2D eigenvalue weighted by Crippen LogP contribution is 2.43. The molecule has 1 aliphatic carbocycles. The van der Waals surface area contributed by atoms with Crippen molar-refractivity contribution in [1.29, 1.82) is 5.26 Å². The zero-order valence-corrected chi connectivity index (χ0v) is 9.78. The van der Waals surface area contributed by atoms with Crippen molar-refractivity contribution in [2.45, 2.75) is 31.1 Å². The van der Waals surface area contributed by atoms with Gasteiger partial charge >= 0.3 is 0 Å². The van der Waals surface area contributed by atoms with Gasteiger partial charge in [0.2, 0.25) is 5.91 Å². The number of rotatable bonds is 4. The van der Waals surface area contributed by atoms with E-state index in [0.29, 0.717) is 6.54 Å². The molecule has 1 amide bonds. The molecule has 1 aliphatic rings. The lowest BCUT2D eigenvalue weighted by Gasteiger charge is -2.42. The average Bonchev–Trinajstić information content (AvgIpc) is 2.29. The van der Waals surface area contributed by atoms with Gasteiger partial charge in [0.1, 0.15) is 6.42 Å². The topological polar surface area (TPSA) is 52.9 Å². The predicted octanol–water partition coefficient (Wildman–Crippen LogP) is 2.14. The number of nitrogens with one attached hydrogen (secondary N) is 1. The maximum Gasteiger partial charge on any atom is 0.234 e. The van der Waals surface area contributed by atoms with Crippen molar-refractivity contribution in [2.75, 3.05) is 6.54 Å². The lowest BCUT2D eigenvalue weighted by molar-refractivity contribution is -0.120. The number of benzene rings is 1. The highest BCUT2D eigenvalue weighted by atomic mass is 16.1. The molecule has 1 saturated carbocycles. The summed E-state index contributed by atoms with van der Waals surface area (Å²) in [5.41, 5.74) is 1.40. The van der Waals surface area contributed by atoms with Gasteiger partial charge in [-0.2, -0.15) is 5.26 Å². The Kier molecular flexibility index (Phi) is 3.43. The van der Waals surface area contributed by atoms with E-state index < -0.39 is 0 Å². The maximum absolute atomic E-state index is 11.3. The largest absolute Gasteiger partial charge is 0.354 e. The Morgan fingerprint density at radius 2 is 2.06 bits per heavy atom. The number of amides is 1. The molecule has 1 aromatic carbocycles. The summed E-state index contributed by atoms with van der Waals surface area (Å²) in [6.07, 6.45) is 3.39. The molecule has 17 heavy (non-hydrogen) atoms. The summed E-state index contributed by atoms with van der Waals surface area (Å²) < 4.78 is 0. The molecule has 1 N–H and O–H groups in total. The summed E-state index contributed by atoms with van der Waals surface area (Å²) in [4.78, 5) is 11.3. The lowest BCUT2D eigenvalue weighted by Crippen LogP contribution is -2.45. The van der Waals surface area contributed by atoms with Gasteiger partial charge in [0, 0.05) is 12.0 Å². The van der Waals surface area contributed by atoms with E-state index in [1.807, 2.05) is 24.3 Å². The van der Waals surface area contributed by atoms with Gasteiger partial charge in [0.15, 0.2) is 0 Å². The monoisotopic (exact) mass is 228 g/mol. The molecule has 0 spiro atoms. The smallest absolute Gasteiger partial charge is 0.234 e. The zero-order valence-electron chi connectivity index (χ0n) is 9.78. The minimum Gasteiger partial charge on any atom is -0.354 e. The van der Waals surface area contributed by atoms with Crippen LogP contribution in [0.5, 0.6) is 0 Å². The summed E-state index contributed by atoms with van der Waals surface area (Å²) >= 11 is 0. The lowest BCUT2D eigenvalue weighted by atomic mass is 9.64. The Bertz CT molecular complexity index is 429. The van der Waals surface area contributed by atoms with E-state index in [-0.39, 0.29) is 17.7 Å². The van der Waals surface area contributed by atoms with Crippen molar-refractivity contribution in [1.82, 2.24) is 5.32 Å². The van der Waals surface area contributed by atoms with E-state index in [1.54, 1.807) is 0 Å². The van der Waals surface area contributed by atoms with Crippen LogP contribution in [-0.2, 0) is 10.2 Å². The molecule has 3 heteroatoms. The molecule has 0 saturated heterocycles. The number of hydrogen-bond acceptors (Lipinski definition) is 2. The summed E-state index contributed by atoms with van der Waals surface area (Å²) in [6.45, 7) is 0.650. The Labute approximate surface area is 101 Å². The summed E-state index contributed by atoms with van der Waals surface area (Å²) in [5.74, 6) is -0.172. The molecule has 0 aliphatic heterocycles. The van der Waals surface area contributed by atoms with Crippen LogP contribution in [-0.4, -0.2) is 12.5 Å². The second-order valence-electron chi connectivity index (χ2n) is 4.61. The Balaban J connectivity index is 2.02. The number of nitrogens with zero attached hydrogens (tertiary/aromatic N) is 1. The van der Waals surface area contributed by atoms with Crippen LogP contribution in [0.25, 0.3) is 0 Å². The molecule has 2 rings (SSSR count). The molecule has 1 fully saturated rings. The van der Waals surface area contributed by atoms with Crippen molar-refractivity contribution in [3.05, 3.63) is 35.9 Å². The molecule has 0 radical (unpaired) electrons. The standard InChI is InChI=1S/C14H16N2O/c15-10-7-13(17)16-11-14(8-4-9-14)12-5-2-1-3-6-12/h1-3,5-6H,4,7-9,11H2,(H,16,17). The van der Waals surface area contributed by atoms with E-state index in [2.05, 4.69) is 17.4 Å². The zero-order chi connectivity index (χ0) is 12.1. The van der Waals surface area contributed by atoms with E-state index in [1.165, 1.54) is 12.0 Å². The number of hydrogen-bond donors (Lipinski definition) is 1. The van der Waals surface area contributed by atoms with Crippen molar-refractivity contribution < 1.29 is 4.79 Å². The van der Waals surface area contributed by atoms with Crippen molar-refractivity contribution in [2.24, 2.45) is 0 Å². The van der Waals surface area contributed by atoms with Crippen LogP contribution in [0.4, 0.5) is 0 Å². The van der Waals surface area contributed by atoms with Crippen molar-refractivity contribution >= 4 is 5.91 Å². The molecule has 3 nitrogen and oxygen atoms in total. The van der Waals surface area contributed by atoms with Crippen LogP contribution >= 0.6 is 0 Å². The third-order valence-corrected chi connectivity index (χ3v) is 3.56. The third kappa shape index (κ3) is 2.47. The van der Waals surface area contributed by atoms with E-state index >= 15 is 0 Å². The van der Waals surface area contributed by atoms with Crippen LogP contribution < -0.4 is 5.32 Å². The van der Waals surface area contributed by atoms with Gasteiger partial charge in [0.25, 0.3) is 0 Å². The SMILES string of the molecule is N#CCC(=O)NCC1(c2ccccc2)CCC1. The molecule has 0 bridgehead atoms. The van der Waals surface area contributed by atoms with E-state index in [0.717, 1.165) is 12.8 Å². The summed E-state index contributed by atoms with van der Waals surface area (Å²) in [6, 6.07) is 12.2. The van der Waals surface area contributed by atoms with Crippen molar-refractivity contribution in [3.8, 4) is 6.07 Å². The highest BCUT2D eigenvalue weighted by Gasteiger charge is 2.38. The Morgan fingerprint density at radius 3 is 2.59 bits per heavy atom. The molecule has 0 atom stereocenters. The van der Waals surface area contributed by atoms with E-state index in [4.69, 9.17) is 5.26 Å². The van der Waals surface area contributed by atoms with Gasteiger partial charge < -0.3 is 5.32 Å². The second-order valence-corrected chi connectivity index (χ2v) is 4.61. The number of nitriles is 1. The fourth-order valence-corrected chi connectivity index (χ4v) is 2.36. The van der Waals surface area contributed by atoms with Gasteiger partial charge in [-0.05, 0) is 18.4 Å². The van der Waals surface area contributed by atoms with Crippen LogP contribution in [0.1, 0.15) is 31.2 Å². The Morgan fingerprint density at radius 1 is 1.35 bits per heavy atom. The number of carbonyl (C=O) groups excluding carboxylic acids is 1. The normalized spacial score (nSPS) is 16.6. The molecule has 0 unspecified atom stereocenters. The molecular formula is C14H16N2O. The number of carbonyl (C=O) groups is 1. The maximum atomic E-state index is 11.3. The first-order valence-electron chi connectivity index (χ1n) is 5.96. The predicted molar refractivity (Wildman–Crippen MR) is 65.2 cm³/mol. The van der Waals surface area contributed by atoms with Crippen LogP contribution in [0.15, 0.2) is 30.3 Å².